The minimum absolute atomic E-state index is 0.0160. The van der Waals surface area contributed by atoms with E-state index in [1.54, 1.807) is 4.90 Å². The lowest BCUT2D eigenvalue weighted by Crippen LogP contribution is -2.33. The van der Waals surface area contributed by atoms with E-state index in [0.29, 0.717) is 6.54 Å². The highest BCUT2D eigenvalue weighted by Crippen LogP contribution is 2.21. The zero-order valence-corrected chi connectivity index (χ0v) is 12.3. The molecule has 1 aromatic carbocycles. The van der Waals surface area contributed by atoms with Gasteiger partial charge in [0.25, 0.3) is 5.24 Å². The van der Waals surface area contributed by atoms with Gasteiger partial charge in [0.05, 0.1) is 0 Å². The van der Waals surface area contributed by atoms with E-state index in [9.17, 15) is 9.59 Å². The Morgan fingerprint density at radius 2 is 2.33 bits per heavy atom. The summed E-state index contributed by atoms with van der Waals surface area (Å²) in [5.74, 6) is 0.611. The standard InChI is InChI=1S/C12H13BrN2O2S/c1-8-6-9(13)2-3-10(8)14-11(16)7-15-4-5-18-12(15)17/h2-3,6H,4-5,7H2,1H3,(H,14,16). The Morgan fingerprint density at radius 1 is 1.56 bits per heavy atom. The number of halogens is 1. The van der Waals surface area contributed by atoms with Gasteiger partial charge in [-0.1, -0.05) is 27.7 Å². The summed E-state index contributed by atoms with van der Waals surface area (Å²) in [6.07, 6.45) is 0. The number of benzene rings is 1. The second-order valence-electron chi connectivity index (χ2n) is 4.04. The first kappa shape index (κ1) is 13.4. The number of nitrogens with one attached hydrogen (secondary N) is 1. The Balaban J connectivity index is 1.96. The largest absolute Gasteiger partial charge is 0.324 e. The number of hydrogen-bond donors (Lipinski definition) is 1. The number of thioether (sulfide) groups is 1. The van der Waals surface area contributed by atoms with Crippen molar-refractivity contribution < 1.29 is 9.59 Å². The maximum atomic E-state index is 11.8. The van der Waals surface area contributed by atoms with Crippen LogP contribution in [0.3, 0.4) is 0 Å². The topological polar surface area (TPSA) is 49.4 Å². The van der Waals surface area contributed by atoms with Crippen LogP contribution >= 0.6 is 27.7 Å². The molecule has 18 heavy (non-hydrogen) atoms. The average molecular weight is 329 g/mol. The van der Waals surface area contributed by atoms with Crippen LogP contribution in [0.25, 0.3) is 0 Å². The van der Waals surface area contributed by atoms with E-state index in [1.807, 2.05) is 25.1 Å². The van der Waals surface area contributed by atoms with Crippen LogP contribution in [-0.2, 0) is 4.79 Å². The lowest BCUT2D eigenvalue weighted by Gasteiger charge is -2.15. The predicted octanol–water partition coefficient (Wildman–Crippen LogP) is 2.86. The molecule has 2 amide bonds. The fourth-order valence-corrected chi connectivity index (χ4v) is 3.00. The van der Waals surface area contributed by atoms with Crippen LogP contribution in [0.15, 0.2) is 22.7 Å². The number of carbonyl (C=O) groups excluding carboxylic acids is 2. The van der Waals surface area contributed by atoms with Crippen molar-refractivity contribution >= 4 is 44.5 Å². The van der Waals surface area contributed by atoms with Gasteiger partial charge in [-0.3, -0.25) is 9.59 Å². The number of nitrogens with zero attached hydrogens (tertiary/aromatic N) is 1. The van der Waals surface area contributed by atoms with E-state index in [1.165, 1.54) is 11.8 Å². The van der Waals surface area contributed by atoms with Gasteiger partial charge in [-0.05, 0) is 30.7 Å². The fourth-order valence-electron chi connectivity index (χ4n) is 1.70. The molecule has 0 unspecified atom stereocenters. The summed E-state index contributed by atoms with van der Waals surface area (Å²) in [5, 5.41) is 2.81. The quantitative estimate of drug-likeness (QED) is 0.928. The van der Waals surface area contributed by atoms with Crippen molar-refractivity contribution in [3.63, 3.8) is 0 Å². The van der Waals surface area contributed by atoms with Gasteiger partial charge in [-0.25, -0.2) is 0 Å². The molecule has 0 radical (unpaired) electrons. The summed E-state index contributed by atoms with van der Waals surface area (Å²) >= 11 is 4.63. The van der Waals surface area contributed by atoms with E-state index < -0.39 is 0 Å². The average Bonchev–Trinajstić information content (AvgIpc) is 2.69. The van der Waals surface area contributed by atoms with Gasteiger partial charge in [-0.15, -0.1) is 0 Å². The van der Waals surface area contributed by atoms with E-state index in [-0.39, 0.29) is 17.7 Å². The smallest absolute Gasteiger partial charge is 0.282 e. The van der Waals surface area contributed by atoms with Gasteiger partial charge in [0.1, 0.15) is 6.54 Å². The number of rotatable bonds is 3. The molecule has 6 heteroatoms. The maximum Gasteiger partial charge on any atom is 0.282 e. The first-order chi connectivity index (χ1) is 8.56. The van der Waals surface area contributed by atoms with Gasteiger partial charge in [0.2, 0.25) is 5.91 Å². The third-order valence-corrected chi connectivity index (χ3v) is 4.03. The van der Waals surface area contributed by atoms with Crippen LogP contribution in [0.1, 0.15) is 5.56 Å². The predicted molar refractivity (Wildman–Crippen MR) is 76.9 cm³/mol. The normalized spacial score (nSPS) is 15.0. The van der Waals surface area contributed by atoms with Crippen molar-refractivity contribution in [1.29, 1.82) is 0 Å². The molecular formula is C12H13BrN2O2S. The van der Waals surface area contributed by atoms with Crippen LogP contribution in [0.4, 0.5) is 10.5 Å². The van der Waals surface area contributed by atoms with Gasteiger partial charge in [0.15, 0.2) is 0 Å². The van der Waals surface area contributed by atoms with E-state index >= 15 is 0 Å². The van der Waals surface area contributed by atoms with Crippen LogP contribution in [0.5, 0.6) is 0 Å². The first-order valence-electron chi connectivity index (χ1n) is 5.54. The molecule has 1 saturated heterocycles. The van der Waals surface area contributed by atoms with Gasteiger partial charge < -0.3 is 10.2 Å². The lowest BCUT2D eigenvalue weighted by molar-refractivity contribution is -0.116. The Labute approximate surface area is 118 Å². The zero-order valence-electron chi connectivity index (χ0n) is 9.90. The van der Waals surface area contributed by atoms with Crippen molar-refractivity contribution in [2.45, 2.75) is 6.92 Å². The molecule has 1 aromatic rings. The summed E-state index contributed by atoms with van der Waals surface area (Å²) in [5.41, 5.74) is 1.77. The van der Waals surface area contributed by atoms with Crippen molar-refractivity contribution in [1.82, 2.24) is 4.90 Å². The second kappa shape index (κ2) is 5.75. The third-order valence-electron chi connectivity index (χ3n) is 2.64. The summed E-state index contributed by atoms with van der Waals surface area (Å²) in [7, 11) is 0. The molecule has 1 heterocycles. The lowest BCUT2D eigenvalue weighted by atomic mass is 10.2. The van der Waals surface area contributed by atoms with E-state index in [4.69, 9.17) is 0 Å². The van der Waals surface area contributed by atoms with Crippen molar-refractivity contribution in [3.05, 3.63) is 28.2 Å². The van der Waals surface area contributed by atoms with Crippen LogP contribution in [0.2, 0.25) is 0 Å². The number of anilines is 1. The molecule has 0 atom stereocenters. The Bertz CT molecular complexity index is 493. The van der Waals surface area contributed by atoms with E-state index in [0.717, 1.165) is 21.5 Å². The molecule has 1 N–H and O–H groups in total. The molecular weight excluding hydrogens is 316 g/mol. The molecule has 2 rings (SSSR count). The van der Waals surface area contributed by atoms with Gasteiger partial charge in [0, 0.05) is 22.5 Å². The Hall–Kier alpha value is -1.01. The number of amides is 2. The van der Waals surface area contributed by atoms with E-state index in [2.05, 4.69) is 21.2 Å². The SMILES string of the molecule is Cc1cc(Br)ccc1NC(=O)CN1CCSC1=O. The molecule has 4 nitrogen and oxygen atoms in total. The summed E-state index contributed by atoms with van der Waals surface area (Å²) in [6, 6.07) is 5.66. The molecule has 1 aliphatic rings. The monoisotopic (exact) mass is 328 g/mol. The first-order valence-corrected chi connectivity index (χ1v) is 7.32. The van der Waals surface area contributed by atoms with Crippen LogP contribution in [-0.4, -0.2) is 34.9 Å². The zero-order chi connectivity index (χ0) is 13.1. The second-order valence-corrected chi connectivity index (χ2v) is 6.01. The fraction of sp³-hybridized carbons (Fsp3) is 0.333. The molecule has 0 bridgehead atoms. The molecule has 0 aromatic heterocycles. The maximum absolute atomic E-state index is 11.8. The summed E-state index contributed by atoms with van der Waals surface area (Å²) in [6.45, 7) is 2.70. The van der Waals surface area contributed by atoms with Crippen molar-refractivity contribution in [2.75, 3.05) is 24.2 Å². The summed E-state index contributed by atoms with van der Waals surface area (Å²) < 4.78 is 0.976. The van der Waals surface area contributed by atoms with Crippen molar-refractivity contribution in [2.24, 2.45) is 0 Å². The third kappa shape index (κ3) is 3.26. The molecule has 1 aliphatic heterocycles. The highest BCUT2D eigenvalue weighted by atomic mass is 79.9. The molecule has 96 valence electrons. The molecule has 0 saturated carbocycles. The van der Waals surface area contributed by atoms with Crippen molar-refractivity contribution in [3.8, 4) is 0 Å². The minimum Gasteiger partial charge on any atom is -0.324 e. The summed E-state index contributed by atoms with van der Waals surface area (Å²) in [4.78, 5) is 24.8. The Kier molecular flexibility index (Phi) is 4.29. The highest BCUT2D eigenvalue weighted by molar-refractivity contribution is 9.10. The van der Waals surface area contributed by atoms with Gasteiger partial charge in [-0.2, -0.15) is 0 Å². The molecule has 0 aliphatic carbocycles. The number of carbonyl (C=O) groups is 2. The van der Waals surface area contributed by atoms with Crippen LogP contribution < -0.4 is 5.32 Å². The molecule has 1 fully saturated rings. The highest BCUT2D eigenvalue weighted by Gasteiger charge is 2.23. The Morgan fingerprint density at radius 3 is 2.94 bits per heavy atom. The number of hydrogen-bond acceptors (Lipinski definition) is 3. The number of aryl methyl sites for hydroxylation is 1. The van der Waals surface area contributed by atoms with Gasteiger partial charge >= 0.3 is 0 Å². The minimum atomic E-state index is -0.156. The molecule has 0 spiro atoms. The van der Waals surface area contributed by atoms with Crippen LogP contribution in [0, 0.1) is 6.92 Å².